The number of nitrogens with zero attached hydrogens (tertiary/aromatic N) is 4. The van der Waals surface area contributed by atoms with Gasteiger partial charge in [-0.1, -0.05) is 54.5 Å². The molecule has 4 rings (SSSR count). The maximum absolute atomic E-state index is 4.78. The van der Waals surface area contributed by atoms with Gasteiger partial charge in [-0.15, -0.1) is 0 Å². The second-order valence-electron chi connectivity index (χ2n) is 5.53. The van der Waals surface area contributed by atoms with Crippen LogP contribution < -0.4 is 0 Å². The van der Waals surface area contributed by atoms with Crippen LogP contribution >= 0.6 is 11.3 Å². The van der Waals surface area contributed by atoms with E-state index in [1.165, 1.54) is 11.3 Å². The van der Waals surface area contributed by atoms with Crippen LogP contribution in [-0.2, 0) is 13.5 Å². The Morgan fingerprint density at radius 1 is 1.12 bits per heavy atom. The minimum Gasteiger partial charge on any atom is -0.289 e. The van der Waals surface area contributed by atoms with Crippen LogP contribution in [0.4, 0.5) is 0 Å². The van der Waals surface area contributed by atoms with Crippen molar-refractivity contribution in [2.75, 3.05) is 0 Å². The van der Waals surface area contributed by atoms with Crippen LogP contribution in [0.2, 0.25) is 0 Å². The molecule has 0 fully saturated rings. The first-order valence-electron chi connectivity index (χ1n) is 7.81. The van der Waals surface area contributed by atoms with Crippen molar-refractivity contribution >= 4 is 16.3 Å². The molecule has 0 saturated heterocycles. The molecular weight excluding hydrogens is 316 g/mol. The Bertz CT molecular complexity index is 1060. The molecule has 0 aliphatic heterocycles. The van der Waals surface area contributed by atoms with Gasteiger partial charge in [-0.2, -0.15) is 5.10 Å². The van der Waals surface area contributed by atoms with E-state index in [1.54, 1.807) is 22.2 Å². The highest BCUT2D eigenvalue weighted by molar-refractivity contribution is 7.17. The van der Waals surface area contributed by atoms with Crippen LogP contribution in [0, 0.1) is 11.8 Å². The first-order chi connectivity index (χ1) is 11.7. The van der Waals surface area contributed by atoms with Crippen LogP contribution in [0.3, 0.4) is 0 Å². The highest BCUT2D eigenvalue weighted by Crippen LogP contribution is 2.29. The van der Waals surface area contributed by atoms with Crippen molar-refractivity contribution in [3.05, 3.63) is 65.1 Å². The van der Waals surface area contributed by atoms with Crippen molar-refractivity contribution in [1.29, 1.82) is 0 Å². The van der Waals surface area contributed by atoms with Gasteiger partial charge in [-0.05, 0) is 12.3 Å². The predicted molar refractivity (Wildman–Crippen MR) is 97.1 cm³/mol. The summed E-state index contributed by atoms with van der Waals surface area (Å²) in [7, 11) is 1.89. The van der Waals surface area contributed by atoms with E-state index in [-0.39, 0.29) is 0 Å². The number of benzene rings is 1. The summed E-state index contributed by atoms with van der Waals surface area (Å²) in [5.41, 5.74) is 4.39. The minimum atomic E-state index is 0.912. The van der Waals surface area contributed by atoms with Crippen molar-refractivity contribution in [2.45, 2.75) is 13.3 Å². The van der Waals surface area contributed by atoms with Crippen LogP contribution in [0.15, 0.2) is 48.9 Å². The molecule has 0 N–H and O–H groups in total. The molecule has 0 aliphatic carbocycles. The summed E-state index contributed by atoms with van der Waals surface area (Å²) in [5.74, 6) is 6.38. The lowest BCUT2D eigenvalue weighted by Gasteiger charge is -2.02. The number of hydrogen-bond acceptors (Lipinski definition) is 3. The molecule has 0 aliphatic rings. The van der Waals surface area contributed by atoms with Gasteiger partial charge >= 0.3 is 0 Å². The summed E-state index contributed by atoms with van der Waals surface area (Å²) in [4.78, 5) is 6.77. The highest BCUT2D eigenvalue weighted by Gasteiger charge is 2.14. The van der Waals surface area contributed by atoms with Crippen molar-refractivity contribution in [2.24, 2.45) is 7.05 Å². The molecule has 0 amide bonds. The maximum atomic E-state index is 4.78. The zero-order valence-corrected chi connectivity index (χ0v) is 14.3. The highest BCUT2D eigenvalue weighted by atomic mass is 32.1. The number of fused-ring (bicyclic) bond motifs is 1. The van der Waals surface area contributed by atoms with Gasteiger partial charge in [-0.25, -0.2) is 4.98 Å². The topological polar surface area (TPSA) is 35.1 Å². The molecule has 0 saturated carbocycles. The van der Waals surface area contributed by atoms with Gasteiger partial charge in [-0.3, -0.25) is 9.08 Å². The SMILES string of the molecule is CCc1nc2sc(C#Cc3cnn(C)c3)cn2c1-c1ccccc1. The quantitative estimate of drug-likeness (QED) is 0.524. The molecule has 4 aromatic rings. The Kier molecular flexibility index (Phi) is 3.68. The maximum Gasteiger partial charge on any atom is 0.195 e. The Morgan fingerprint density at radius 2 is 1.96 bits per heavy atom. The summed E-state index contributed by atoms with van der Waals surface area (Å²) >= 11 is 1.62. The van der Waals surface area contributed by atoms with E-state index in [1.807, 2.05) is 19.3 Å². The molecule has 0 spiro atoms. The summed E-state index contributed by atoms with van der Waals surface area (Å²) in [6, 6.07) is 10.4. The van der Waals surface area contributed by atoms with Crippen molar-refractivity contribution in [3.8, 4) is 23.1 Å². The Morgan fingerprint density at radius 3 is 2.67 bits per heavy atom. The van der Waals surface area contributed by atoms with E-state index in [4.69, 9.17) is 4.98 Å². The zero-order chi connectivity index (χ0) is 16.5. The molecule has 0 bridgehead atoms. The van der Waals surface area contributed by atoms with Crippen LogP contribution in [0.5, 0.6) is 0 Å². The molecule has 1 aromatic carbocycles. The standard InChI is InChI=1S/C19H16N4S/c1-3-17-18(15-7-5-4-6-8-15)23-13-16(24-19(23)21-17)10-9-14-11-20-22(2)12-14/h4-8,11-13H,3H2,1-2H3. The third-order valence-electron chi connectivity index (χ3n) is 3.82. The summed E-state index contributed by atoms with van der Waals surface area (Å²) < 4.78 is 3.92. The monoisotopic (exact) mass is 332 g/mol. The van der Waals surface area contributed by atoms with E-state index in [0.717, 1.165) is 27.5 Å². The number of aromatic nitrogens is 4. The van der Waals surface area contributed by atoms with E-state index in [9.17, 15) is 0 Å². The molecular formula is C19H16N4S. The fraction of sp³-hybridized carbons (Fsp3) is 0.158. The normalized spacial score (nSPS) is 10.8. The first kappa shape index (κ1) is 14.7. The number of hydrogen-bond donors (Lipinski definition) is 0. The minimum absolute atomic E-state index is 0.912. The van der Waals surface area contributed by atoms with Gasteiger partial charge in [0.1, 0.15) is 0 Å². The van der Waals surface area contributed by atoms with Gasteiger partial charge in [0.2, 0.25) is 0 Å². The van der Waals surface area contributed by atoms with E-state index >= 15 is 0 Å². The lowest BCUT2D eigenvalue weighted by atomic mass is 10.1. The van der Waals surface area contributed by atoms with Crippen molar-refractivity contribution < 1.29 is 0 Å². The van der Waals surface area contributed by atoms with Gasteiger partial charge in [0, 0.05) is 25.0 Å². The number of rotatable bonds is 2. The summed E-state index contributed by atoms with van der Waals surface area (Å²) in [6.07, 6.45) is 6.68. The molecule has 3 heterocycles. The van der Waals surface area contributed by atoms with Gasteiger partial charge < -0.3 is 0 Å². The Balaban J connectivity index is 1.79. The average Bonchev–Trinajstić information content (AvgIpc) is 3.27. The fourth-order valence-corrected chi connectivity index (χ4v) is 3.57. The van der Waals surface area contributed by atoms with E-state index in [2.05, 4.69) is 58.7 Å². The van der Waals surface area contributed by atoms with Crippen LogP contribution in [0.1, 0.15) is 23.1 Å². The smallest absolute Gasteiger partial charge is 0.195 e. The summed E-state index contributed by atoms with van der Waals surface area (Å²) in [5, 5.41) is 4.14. The third kappa shape index (κ3) is 2.61. The third-order valence-corrected chi connectivity index (χ3v) is 4.71. The fourth-order valence-electron chi connectivity index (χ4n) is 2.72. The molecule has 0 radical (unpaired) electrons. The molecule has 0 unspecified atom stereocenters. The largest absolute Gasteiger partial charge is 0.289 e. The molecule has 118 valence electrons. The lowest BCUT2D eigenvalue weighted by molar-refractivity contribution is 0.767. The van der Waals surface area contributed by atoms with Crippen molar-refractivity contribution in [3.63, 3.8) is 0 Å². The van der Waals surface area contributed by atoms with Crippen molar-refractivity contribution in [1.82, 2.24) is 19.2 Å². The first-order valence-corrected chi connectivity index (χ1v) is 8.63. The van der Waals surface area contributed by atoms with Crippen LogP contribution in [-0.4, -0.2) is 19.2 Å². The number of thiazole rings is 1. The second kappa shape index (κ2) is 5.99. The van der Waals surface area contributed by atoms with Crippen LogP contribution in [0.25, 0.3) is 16.2 Å². The van der Waals surface area contributed by atoms with E-state index in [0.29, 0.717) is 0 Å². The molecule has 4 nitrogen and oxygen atoms in total. The van der Waals surface area contributed by atoms with Gasteiger partial charge in [0.25, 0.3) is 0 Å². The number of imidazole rings is 1. The molecule has 0 atom stereocenters. The second-order valence-corrected chi connectivity index (χ2v) is 6.54. The average molecular weight is 332 g/mol. The lowest BCUT2D eigenvalue weighted by Crippen LogP contribution is -1.89. The number of aryl methyl sites for hydroxylation is 2. The van der Waals surface area contributed by atoms with Gasteiger partial charge in [0.15, 0.2) is 4.96 Å². The molecule has 24 heavy (non-hydrogen) atoms. The van der Waals surface area contributed by atoms with E-state index < -0.39 is 0 Å². The molecule has 5 heteroatoms. The zero-order valence-electron chi connectivity index (χ0n) is 13.5. The Hall–Kier alpha value is -2.84. The molecule has 3 aromatic heterocycles. The van der Waals surface area contributed by atoms with Gasteiger partial charge in [0.05, 0.1) is 28.0 Å². The summed E-state index contributed by atoms with van der Waals surface area (Å²) in [6.45, 7) is 2.14. The predicted octanol–water partition coefficient (Wildman–Crippen LogP) is 3.76. The Labute approximate surface area is 144 Å².